The predicted octanol–water partition coefficient (Wildman–Crippen LogP) is 0.0504. The molecule has 0 radical (unpaired) electrons. The van der Waals surface area contributed by atoms with Crippen LogP contribution >= 0.6 is 0 Å². The molecule has 10 heavy (non-hydrogen) atoms. The SMILES string of the molecule is CN1C=CN2NC=NC2=C1. The number of aliphatic imine (C=N–C) groups is 1. The van der Waals surface area contributed by atoms with E-state index in [2.05, 4.69) is 10.4 Å². The second-order valence-corrected chi connectivity index (χ2v) is 2.21. The monoisotopic (exact) mass is 136 g/mol. The van der Waals surface area contributed by atoms with Gasteiger partial charge in [-0.15, -0.1) is 0 Å². The van der Waals surface area contributed by atoms with Crippen LogP contribution in [0.3, 0.4) is 0 Å². The average Bonchev–Trinajstić information content (AvgIpc) is 2.33. The lowest BCUT2D eigenvalue weighted by molar-refractivity contribution is 0.401. The molecule has 1 N–H and O–H groups in total. The Balaban J connectivity index is 2.28. The third-order valence-corrected chi connectivity index (χ3v) is 1.41. The standard InChI is InChI=1S/C6H8N4/c1-9-2-3-10-6(4-9)7-5-8-10/h2-5H,1H3,(H,7,8). The lowest BCUT2D eigenvalue weighted by atomic mass is 10.5. The highest BCUT2D eigenvalue weighted by Gasteiger charge is 2.12. The van der Waals surface area contributed by atoms with Gasteiger partial charge >= 0.3 is 0 Å². The summed E-state index contributed by atoms with van der Waals surface area (Å²) in [5, 5.41) is 1.85. The van der Waals surface area contributed by atoms with Crippen LogP contribution in [0.1, 0.15) is 0 Å². The highest BCUT2D eigenvalue weighted by molar-refractivity contribution is 5.59. The molecule has 52 valence electrons. The van der Waals surface area contributed by atoms with Gasteiger partial charge < -0.3 is 4.90 Å². The van der Waals surface area contributed by atoms with Crippen LogP contribution in [0, 0.1) is 0 Å². The van der Waals surface area contributed by atoms with Crippen LogP contribution in [0.2, 0.25) is 0 Å². The molecule has 0 atom stereocenters. The van der Waals surface area contributed by atoms with E-state index < -0.39 is 0 Å². The molecule has 0 aromatic carbocycles. The maximum Gasteiger partial charge on any atom is 0.169 e. The highest BCUT2D eigenvalue weighted by atomic mass is 15.6. The van der Waals surface area contributed by atoms with Crippen molar-refractivity contribution in [3.8, 4) is 0 Å². The van der Waals surface area contributed by atoms with Crippen LogP contribution in [0.15, 0.2) is 29.4 Å². The summed E-state index contributed by atoms with van der Waals surface area (Å²) in [6.45, 7) is 0. The van der Waals surface area contributed by atoms with Crippen molar-refractivity contribution in [2.24, 2.45) is 4.99 Å². The molecule has 0 unspecified atom stereocenters. The summed E-state index contributed by atoms with van der Waals surface area (Å²) in [6.07, 6.45) is 7.47. The van der Waals surface area contributed by atoms with Crippen molar-refractivity contribution in [2.45, 2.75) is 0 Å². The third kappa shape index (κ3) is 0.655. The van der Waals surface area contributed by atoms with E-state index in [9.17, 15) is 0 Å². The maximum atomic E-state index is 4.07. The van der Waals surface area contributed by atoms with E-state index in [0.717, 1.165) is 5.82 Å². The smallest absolute Gasteiger partial charge is 0.169 e. The first-order chi connectivity index (χ1) is 4.86. The fraction of sp³-hybridized carbons (Fsp3) is 0.167. The van der Waals surface area contributed by atoms with Crippen molar-refractivity contribution in [1.29, 1.82) is 0 Å². The Morgan fingerprint density at radius 2 is 2.40 bits per heavy atom. The first kappa shape index (κ1) is 5.34. The van der Waals surface area contributed by atoms with Gasteiger partial charge in [-0.25, -0.2) is 10.0 Å². The van der Waals surface area contributed by atoms with Crippen molar-refractivity contribution in [3.63, 3.8) is 0 Å². The summed E-state index contributed by atoms with van der Waals surface area (Å²) in [5.41, 5.74) is 2.94. The average molecular weight is 136 g/mol. The number of nitrogens with zero attached hydrogens (tertiary/aromatic N) is 3. The van der Waals surface area contributed by atoms with Gasteiger partial charge in [0.1, 0.15) is 6.34 Å². The molecule has 0 aromatic heterocycles. The molecular formula is C6H8N4. The van der Waals surface area contributed by atoms with Crippen LogP contribution in [0.25, 0.3) is 0 Å². The fourth-order valence-corrected chi connectivity index (χ4v) is 0.897. The molecular weight excluding hydrogens is 128 g/mol. The van der Waals surface area contributed by atoms with Gasteiger partial charge in [-0.05, 0) is 0 Å². The van der Waals surface area contributed by atoms with Gasteiger partial charge in [-0.3, -0.25) is 5.43 Å². The van der Waals surface area contributed by atoms with Crippen LogP contribution in [-0.4, -0.2) is 23.3 Å². The first-order valence-corrected chi connectivity index (χ1v) is 3.06. The summed E-state index contributed by atoms with van der Waals surface area (Å²) in [6, 6.07) is 0. The number of nitrogens with one attached hydrogen (secondary N) is 1. The Hall–Kier alpha value is -1.45. The molecule has 0 saturated carbocycles. The molecule has 2 aliphatic heterocycles. The lowest BCUT2D eigenvalue weighted by Crippen LogP contribution is -2.28. The highest BCUT2D eigenvalue weighted by Crippen LogP contribution is 2.12. The van der Waals surface area contributed by atoms with E-state index in [1.807, 2.05) is 35.6 Å². The van der Waals surface area contributed by atoms with Gasteiger partial charge in [0, 0.05) is 25.6 Å². The van der Waals surface area contributed by atoms with E-state index in [1.54, 1.807) is 6.34 Å². The van der Waals surface area contributed by atoms with E-state index in [1.165, 1.54) is 0 Å². The Kier molecular flexibility index (Phi) is 0.943. The number of hydrazine groups is 1. The molecule has 2 aliphatic rings. The van der Waals surface area contributed by atoms with E-state index in [4.69, 9.17) is 0 Å². The third-order valence-electron chi connectivity index (χ3n) is 1.41. The van der Waals surface area contributed by atoms with E-state index in [-0.39, 0.29) is 0 Å². The number of hydrogen-bond donors (Lipinski definition) is 1. The zero-order valence-electron chi connectivity index (χ0n) is 5.65. The molecule has 0 aliphatic carbocycles. The molecule has 0 aromatic rings. The summed E-state index contributed by atoms with van der Waals surface area (Å²) in [5.74, 6) is 0.921. The van der Waals surface area contributed by atoms with Gasteiger partial charge in [-0.2, -0.15) is 0 Å². The second-order valence-electron chi connectivity index (χ2n) is 2.21. The lowest BCUT2D eigenvalue weighted by Gasteiger charge is -2.20. The Morgan fingerprint density at radius 3 is 3.30 bits per heavy atom. The van der Waals surface area contributed by atoms with Gasteiger partial charge in [0.2, 0.25) is 0 Å². The Bertz CT molecular complexity index is 228. The molecule has 0 fully saturated rings. The van der Waals surface area contributed by atoms with Crippen molar-refractivity contribution < 1.29 is 0 Å². The maximum absolute atomic E-state index is 4.07. The van der Waals surface area contributed by atoms with Crippen molar-refractivity contribution in [1.82, 2.24) is 15.3 Å². The quantitative estimate of drug-likeness (QED) is 0.510. The van der Waals surface area contributed by atoms with Gasteiger partial charge in [0.15, 0.2) is 5.82 Å². The summed E-state index contributed by atoms with van der Waals surface area (Å²) in [7, 11) is 1.97. The number of rotatable bonds is 0. The normalized spacial score (nSPS) is 20.7. The minimum atomic E-state index is 0.921. The molecule has 2 heterocycles. The van der Waals surface area contributed by atoms with Crippen molar-refractivity contribution >= 4 is 6.34 Å². The topological polar surface area (TPSA) is 30.9 Å². The number of hydrogen-bond acceptors (Lipinski definition) is 4. The predicted molar refractivity (Wildman–Crippen MR) is 38.5 cm³/mol. The number of fused-ring (bicyclic) bond motifs is 1. The van der Waals surface area contributed by atoms with Gasteiger partial charge in [0.25, 0.3) is 0 Å². The summed E-state index contributed by atoms with van der Waals surface area (Å²) < 4.78 is 0. The van der Waals surface area contributed by atoms with Crippen molar-refractivity contribution in [3.05, 3.63) is 24.4 Å². The largest absolute Gasteiger partial charge is 0.352 e. The van der Waals surface area contributed by atoms with E-state index >= 15 is 0 Å². The molecule has 4 nitrogen and oxygen atoms in total. The summed E-state index contributed by atoms with van der Waals surface area (Å²) >= 11 is 0. The molecule has 0 amide bonds. The van der Waals surface area contributed by atoms with Gasteiger partial charge in [0.05, 0.1) is 0 Å². The van der Waals surface area contributed by atoms with Crippen molar-refractivity contribution in [2.75, 3.05) is 7.05 Å². The fourth-order valence-electron chi connectivity index (χ4n) is 0.897. The zero-order valence-corrected chi connectivity index (χ0v) is 5.65. The Labute approximate surface area is 59.1 Å². The van der Waals surface area contributed by atoms with Crippen LogP contribution < -0.4 is 5.43 Å². The second kappa shape index (κ2) is 1.76. The molecule has 2 rings (SSSR count). The molecule has 0 bridgehead atoms. The minimum absolute atomic E-state index is 0.921. The zero-order chi connectivity index (χ0) is 6.97. The van der Waals surface area contributed by atoms with Crippen LogP contribution in [-0.2, 0) is 0 Å². The molecule has 0 spiro atoms. The molecule has 0 saturated heterocycles. The van der Waals surface area contributed by atoms with E-state index in [0.29, 0.717) is 0 Å². The molecule has 4 heteroatoms. The van der Waals surface area contributed by atoms with Crippen LogP contribution in [0.4, 0.5) is 0 Å². The Morgan fingerprint density at radius 1 is 1.50 bits per heavy atom. The summed E-state index contributed by atoms with van der Waals surface area (Å²) in [4.78, 5) is 6.02. The van der Waals surface area contributed by atoms with Gasteiger partial charge in [-0.1, -0.05) is 0 Å². The first-order valence-electron chi connectivity index (χ1n) is 3.06. The van der Waals surface area contributed by atoms with Crippen LogP contribution in [0.5, 0.6) is 0 Å². The minimum Gasteiger partial charge on any atom is -0.352 e.